The Morgan fingerprint density at radius 3 is 2.11 bits per heavy atom. The number of amides is 2. The number of likely N-dealkylation sites (N-methyl/N-ethyl adjacent to an activating group) is 1. The molecule has 0 aromatic carbocycles. The van der Waals surface area contributed by atoms with Crippen molar-refractivity contribution in [2.75, 3.05) is 26.7 Å². The number of halogens is 1. The summed E-state index contributed by atoms with van der Waals surface area (Å²) in [5.41, 5.74) is -0.366. The molecule has 5 nitrogen and oxygen atoms in total. The summed E-state index contributed by atoms with van der Waals surface area (Å²) in [5, 5.41) is 8.55. The van der Waals surface area contributed by atoms with Crippen molar-refractivity contribution in [2.24, 2.45) is 5.41 Å². The van der Waals surface area contributed by atoms with Crippen LogP contribution >= 0.6 is 12.4 Å². The van der Waals surface area contributed by atoms with Gasteiger partial charge in [0.05, 0.1) is 0 Å². The van der Waals surface area contributed by atoms with E-state index < -0.39 is 0 Å². The molecule has 0 atom stereocenters. The first-order valence-electron chi connectivity index (χ1n) is 6.07. The normalized spacial score (nSPS) is 10.4. The summed E-state index contributed by atoms with van der Waals surface area (Å²) in [7, 11) is 1.84. The van der Waals surface area contributed by atoms with Gasteiger partial charge in [-0.2, -0.15) is 0 Å². The summed E-state index contributed by atoms with van der Waals surface area (Å²) in [4.78, 5) is 22.8. The predicted octanol–water partition coefficient (Wildman–Crippen LogP) is 0.686. The Morgan fingerprint density at radius 1 is 1.00 bits per heavy atom. The van der Waals surface area contributed by atoms with Crippen LogP contribution in [0.1, 0.15) is 33.6 Å². The number of carbonyl (C=O) groups excluding carboxylic acids is 2. The van der Waals surface area contributed by atoms with Crippen molar-refractivity contribution >= 4 is 24.2 Å². The van der Waals surface area contributed by atoms with Gasteiger partial charge < -0.3 is 16.0 Å². The minimum absolute atomic E-state index is 0. The summed E-state index contributed by atoms with van der Waals surface area (Å²) >= 11 is 0. The van der Waals surface area contributed by atoms with Gasteiger partial charge in [0.1, 0.15) is 0 Å². The summed E-state index contributed by atoms with van der Waals surface area (Å²) < 4.78 is 0. The molecule has 0 spiro atoms. The van der Waals surface area contributed by atoms with Crippen LogP contribution in [-0.4, -0.2) is 38.5 Å². The highest BCUT2D eigenvalue weighted by Gasteiger charge is 2.20. The smallest absolute Gasteiger partial charge is 0.225 e. The van der Waals surface area contributed by atoms with E-state index in [-0.39, 0.29) is 29.6 Å². The molecule has 2 amide bonds. The predicted molar refractivity (Wildman–Crippen MR) is 75.9 cm³/mol. The zero-order valence-electron chi connectivity index (χ0n) is 11.8. The molecule has 0 aliphatic carbocycles. The number of rotatable bonds is 7. The van der Waals surface area contributed by atoms with E-state index in [4.69, 9.17) is 0 Å². The Kier molecular flexibility index (Phi) is 11.0. The van der Waals surface area contributed by atoms with Crippen LogP contribution in [0.25, 0.3) is 0 Å². The molecule has 0 radical (unpaired) electrons. The molecule has 0 unspecified atom stereocenters. The van der Waals surface area contributed by atoms with Gasteiger partial charge in [0.2, 0.25) is 11.8 Å². The number of hydrogen-bond donors (Lipinski definition) is 3. The molecule has 0 fully saturated rings. The Hall–Kier alpha value is -0.810. The SMILES string of the molecule is CNCCNC(=O)CCCNC(=O)C(C)(C)C.Cl. The average Bonchev–Trinajstić information content (AvgIpc) is 2.23. The Morgan fingerprint density at radius 2 is 1.61 bits per heavy atom. The van der Waals surface area contributed by atoms with Gasteiger partial charge in [-0.1, -0.05) is 20.8 Å². The van der Waals surface area contributed by atoms with Crippen LogP contribution in [0.5, 0.6) is 0 Å². The minimum atomic E-state index is -0.366. The maximum Gasteiger partial charge on any atom is 0.225 e. The van der Waals surface area contributed by atoms with E-state index in [2.05, 4.69) is 16.0 Å². The number of hydrogen-bond acceptors (Lipinski definition) is 3. The lowest BCUT2D eigenvalue weighted by Gasteiger charge is -2.17. The highest BCUT2D eigenvalue weighted by molar-refractivity contribution is 5.85. The third-order valence-electron chi connectivity index (χ3n) is 2.24. The van der Waals surface area contributed by atoms with E-state index in [1.165, 1.54) is 0 Å². The first-order chi connectivity index (χ1) is 7.88. The van der Waals surface area contributed by atoms with Crippen LogP contribution in [0, 0.1) is 5.41 Å². The fourth-order valence-corrected chi connectivity index (χ4v) is 1.13. The van der Waals surface area contributed by atoms with Crippen LogP contribution in [0.2, 0.25) is 0 Å². The summed E-state index contributed by atoms with van der Waals surface area (Å²) in [5.74, 6) is 0.0540. The van der Waals surface area contributed by atoms with E-state index in [0.29, 0.717) is 25.9 Å². The number of nitrogens with one attached hydrogen (secondary N) is 3. The van der Waals surface area contributed by atoms with Crippen LogP contribution in [0.15, 0.2) is 0 Å². The molecule has 108 valence electrons. The maximum atomic E-state index is 11.5. The Balaban J connectivity index is 0. The first kappa shape index (κ1) is 19.5. The second-order valence-corrected chi connectivity index (χ2v) is 5.06. The lowest BCUT2D eigenvalue weighted by atomic mass is 9.96. The molecule has 3 N–H and O–H groups in total. The summed E-state index contributed by atoms with van der Waals surface area (Å²) in [6.45, 7) is 7.57. The topological polar surface area (TPSA) is 70.2 Å². The molecule has 0 aliphatic heterocycles. The molecular formula is C12H26ClN3O2. The fraction of sp³-hybridized carbons (Fsp3) is 0.833. The zero-order chi connectivity index (χ0) is 13.3. The van der Waals surface area contributed by atoms with Crippen LogP contribution in [0.4, 0.5) is 0 Å². The van der Waals surface area contributed by atoms with Gasteiger partial charge in [-0.15, -0.1) is 12.4 Å². The highest BCUT2D eigenvalue weighted by Crippen LogP contribution is 2.12. The van der Waals surface area contributed by atoms with E-state index in [0.717, 1.165) is 6.54 Å². The number of carbonyl (C=O) groups is 2. The van der Waals surface area contributed by atoms with Crippen LogP contribution in [0.3, 0.4) is 0 Å². The molecule has 6 heteroatoms. The molecule has 0 aliphatic rings. The maximum absolute atomic E-state index is 11.5. The molecule has 0 heterocycles. The summed E-state index contributed by atoms with van der Waals surface area (Å²) in [6.07, 6.45) is 1.13. The van der Waals surface area contributed by atoms with Gasteiger partial charge in [-0.3, -0.25) is 9.59 Å². The molecule has 18 heavy (non-hydrogen) atoms. The van der Waals surface area contributed by atoms with Gasteiger partial charge in [0.15, 0.2) is 0 Å². The van der Waals surface area contributed by atoms with Crippen LogP contribution in [-0.2, 0) is 9.59 Å². The summed E-state index contributed by atoms with van der Waals surface area (Å²) in [6, 6.07) is 0. The van der Waals surface area contributed by atoms with E-state index in [1.54, 1.807) is 0 Å². The van der Waals surface area contributed by atoms with Gasteiger partial charge in [0, 0.05) is 31.5 Å². The lowest BCUT2D eigenvalue weighted by Crippen LogP contribution is -2.36. The van der Waals surface area contributed by atoms with Crippen molar-refractivity contribution in [2.45, 2.75) is 33.6 Å². The van der Waals surface area contributed by atoms with Gasteiger partial charge >= 0.3 is 0 Å². The Bertz CT molecular complexity index is 252. The van der Waals surface area contributed by atoms with Gasteiger partial charge in [0.25, 0.3) is 0 Å². The van der Waals surface area contributed by atoms with E-state index in [1.807, 2.05) is 27.8 Å². The molecule has 0 bridgehead atoms. The zero-order valence-corrected chi connectivity index (χ0v) is 12.6. The van der Waals surface area contributed by atoms with Crippen molar-refractivity contribution in [3.8, 4) is 0 Å². The van der Waals surface area contributed by atoms with Gasteiger partial charge in [-0.25, -0.2) is 0 Å². The first-order valence-corrected chi connectivity index (χ1v) is 6.07. The molecule has 0 aromatic rings. The quantitative estimate of drug-likeness (QED) is 0.601. The second-order valence-electron chi connectivity index (χ2n) is 5.06. The second kappa shape index (κ2) is 10.1. The highest BCUT2D eigenvalue weighted by atomic mass is 35.5. The van der Waals surface area contributed by atoms with Crippen molar-refractivity contribution in [3.63, 3.8) is 0 Å². The standard InChI is InChI=1S/C12H25N3O2.ClH/c1-12(2,3)11(17)15-7-5-6-10(16)14-9-8-13-4;/h13H,5-9H2,1-4H3,(H,14,16)(H,15,17);1H. The minimum Gasteiger partial charge on any atom is -0.356 e. The van der Waals surface area contributed by atoms with E-state index in [9.17, 15) is 9.59 Å². The molecule has 0 saturated carbocycles. The molecule has 0 saturated heterocycles. The average molecular weight is 280 g/mol. The van der Waals surface area contributed by atoms with Crippen molar-refractivity contribution in [1.29, 1.82) is 0 Å². The molecule has 0 aromatic heterocycles. The Labute approximate surface area is 116 Å². The van der Waals surface area contributed by atoms with Crippen molar-refractivity contribution < 1.29 is 9.59 Å². The third kappa shape index (κ3) is 10.4. The monoisotopic (exact) mass is 279 g/mol. The largest absolute Gasteiger partial charge is 0.356 e. The van der Waals surface area contributed by atoms with Gasteiger partial charge in [-0.05, 0) is 13.5 Å². The fourth-order valence-electron chi connectivity index (χ4n) is 1.13. The molecular weight excluding hydrogens is 254 g/mol. The van der Waals surface area contributed by atoms with Crippen molar-refractivity contribution in [3.05, 3.63) is 0 Å². The van der Waals surface area contributed by atoms with E-state index >= 15 is 0 Å². The lowest BCUT2D eigenvalue weighted by molar-refractivity contribution is -0.128. The third-order valence-corrected chi connectivity index (χ3v) is 2.24. The molecule has 0 rings (SSSR count). The van der Waals surface area contributed by atoms with Crippen molar-refractivity contribution in [1.82, 2.24) is 16.0 Å². The van der Waals surface area contributed by atoms with Crippen LogP contribution < -0.4 is 16.0 Å².